The molecule has 0 amide bonds. The minimum Gasteiger partial charge on any atom is -0.367 e. The standard InChI is InChI=1S/C16H19FN2/c1-12(14-8-4-5-9-15(14)17)19(2)16-10-6-3-7-13(16)11-18/h3-10,12H,11,18H2,1-2H3. The molecule has 2 rings (SSSR count). The van der Waals surface area contributed by atoms with E-state index in [9.17, 15) is 4.39 Å². The van der Waals surface area contributed by atoms with Crippen LogP contribution in [0.3, 0.4) is 0 Å². The average Bonchev–Trinajstić information content (AvgIpc) is 2.46. The number of nitrogens with zero attached hydrogens (tertiary/aromatic N) is 1. The molecule has 0 aromatic heterocycles. The van der Waals surface area contributed by atoms with Crippen LogP contribution in [0.2, 0.25) is 0 Å². The van der Waals surface area contributed by atoms with Gasteiger partial charge in [-0.2, -0.15) is 0 Å². The summed E-state index contributed by atoms with van der Waals surface area (Å²) in [6.45, 7) is 2.47. The summed E-state index contributed by atoms with van der Waals surface area (Å²) in [6, 6.07) is 14.8. The smallest absolute Gasteiger partial charge is 0.128 e. The van der Waals surface area contributed by atoms with Crippen LogP contribution < -0.4 is 10.6 Å². The molecule has 3 heteroatoms. The van der Waals surface area contributed by atoms with Crippen molar-refractivity contribution >= 4 is 5.69 Å². The largest absolute Gasteiger partial charge is 0.367 e. The first kappa shape index (κ1) is 13.6. The SMILES string of the molecule is CC(c1ccccc1F)N(C)c1ccccc1CN. The van der Waals surface area contributed by atoms with E-state index in [-0.39, 0.29) is 11.9 Å². The van der Waals surface area contributed by atoms with Crippen LogP contribution in [-0.2, 0) is 6.54 Å². The molecule has 0 saturated heterocycles. The Labute approximate surface area is 113 Å². The van der Waals surface area contributed by atoms with Crippen molar-refractivity contribution in [1.82, 2.24) is 0 Å². The number of nitrogens with two attached hydrogens (primary N) is 1. The van der Waals surface area contributed by atoms with Gasteiger partial charge in [0.2, 0.25) is 0 Å². The van der Waals surface area contributed by atoms with Gasteiger partial charge in [-0.1, -0.05) is 36.4 Å². The lowest BCUT2D eigenvalue weighted by molar-refractivity contribution is 0.585. The fourth-order valence-corrected chi connectivity index (χ4v) is 2.26. The first-order valence-electron chi connectivity index (χ1n) is 6.40. The Balaban J connectivity index is 2.34. The highest BCUT2D eigenvalue weighted by Gasteiger charge is 2.17. The van der Waals surface area contributed by atoms with Crippen LogP contribution in [0.25, 0.3) is 0 Å². The molecule has 0 aliphatic rings. The molecular weight excluding hydrogens is 239 g/mol. The van der Waals surface area contributed by atoms with Gasteiger partial charge < -0.3 is 10.6 Å². The van der Waals surface area contributed by atoms with Crippen molar-refractivity contribution in [1.29, 1.82) is 0 Å². The molecule has 2 N–H and O–H groups in total. The summed E-state index contributed by atoms with van der Waals surface area (Å²) in [6.07, 6.45) is 0. The molecule has 0 spiro atoms. The van der Waals surface area contributed by atoms with Crippen LogP contribution >= 0.6 is 0 Å². The topological polar surface area (TPSA) is 29.3 Å². The maximum absolute atomic E-state index is 13.8. The van der Waals surface area contributed by atoms with E-state index in [1.807, 2.05) is 50.4 Å². The molecule has 100 valence electrons. The second-order valence-electron chi connectivity index (χ2n) is 4.64. The molecule has 0 heterocycles. The molecule has 0 bridgehead atoms. The Morgan fingerprint density at radius 3 is 2.42 bits per heavy atom. The monoisotopic (exact) mass is 258 g/mol. The van der Waals surface area contributed by atoms with Crippen LogP contribution in [0, 0.1) is 5.82 Å². The van der Waals surface area contributed by atoms with Crippen LogP contribution in [0.4, 0.5) is 10.1 Å². The van der Waals surface area contributed by atoms with Crippen molar-refractivity contribution in [3.8, 4) is 0 Å². The Bertz CT molecular complexity index is 554. The van der Waals surface area contributed by atoms with Crippen molar-refractivity contribution in [3.05, 3.63) is 65.5 Å². The van der Waals surface area contributed by atoms with Gasteiger partial charge in [0.15, 0.2) is 0 Å². The van der Waals surface area contributed by atoms with Crippen LogP contribution in [0.15, 0.2) is 48.5 Å². The third kappa shape index (κ3) is 2.76. The summed E-state index contributed by atoms with van der Waals surface area (Å²) in [4.78, 5) is 2.06. The first-order valence-corrected chi connectivity index (χ1v) is 6.40. The number of benzene rings is 2. The highest BCUT2D eigenvalue weighted by molar-refractivity contribution is 5.54. The summed E-state index contributed by atoms with van der Waals surface area (Å²) < 4.78 is 13.8. The van der Waals surface area contributed by atoms with Gasteiger partial charge in [0, 0.05) is 24.8 Å². The predicted octanol–water partition coefficient (Wildman–Crippen LogP) is 3.48. The van der Waals surface area contributed by atoms with Gasteiger partial charge in [-0.3, -0.25) is 0 Å². The zero-order chi connectivity index (χ0) is 13.8. The zero-order valence-electron chi connectivity index (χ0n) is 11.3. The fraction of sp³-hybridized carbons (Fsp3) is 0.250. The Kier molecular flexibility index (Phi) is 4.17. The molecule has 0 radical (unpaired) electrons. The van der Waals surface area contributed by atoms with Crippen LogP contribution in [-0.4, -0.2) is 7.05 Å². The minimum atomic E-state index is -0.174. The van der Waals surface area contributed by atoms with E-state index in [1.54, 1.807) is 6.07 Å². The van der Waals surface area contributed by atoms with E-state index in [0.717, 1.165) is 11.3 Å². The van der Waals surface area contributed by atoms with E-state index in [4.69, 9.17) is 5.73 Å². The van der Waals surface area contributed by atoms with E-state index < -0.39 is 0 Å². The molecule has 1 atom stereocenters. The third-order valence-corrected chi connectivity index (χ3v) is 3.53. The summed E-state index contributed by atoms with van der Waals surface area (Å²) in [5, 5.41) is 0. The fourth-order valence-electron chi connectivity index (χ4n) is 2.26. The van der Waals surface area contributed by atoms with Gasteiger partial charge >= 0.3 is 0 Å². The number of hydrogen-bond donors (Lipinski definition) is 1. The molecule has 2 aromatic rings. The lowest BCUT2D eigenvalue weighted by Crippen LogP contribution is -2.24. The van der Waals surface area contributed by atoms with Crippen molar-refractivity contribution in [2.45, 2.75) is 19.5 Å². The van der Waals surface area contributed by atoms with Gasteiger partial charge in [0.05, 0.1) is 6.04 Å². The first-order chi connectivity index (χ1) is 9.15. The maximum Gasteiger partial charge on any atom is 0.128 e. The van der Waals surface area contributed by atoms with Crippen molar-refractivity contribution in [3.63, 3.8) is 0 Å². The quantitative estimate of drug-likeness (QED) is 0.909. The number of anilines is 1. The Morgan fingerprint density at radius 2 is 1.74 bits per heavy atom. The summed E-state index contributed by atoms with van der Waals surface area (Å²) in [5.41, 5.74) is 8.55. The number of hydrogen-bond acceptors (Lipinski definition) is 2. The molecule has 19 heavy (non-hydrogen) atoms. The molecule has 2 nitrogen and oxygen atoms in total. The van der Waals surface area contributed by atoms with E-state index in [2.05, 4.69) is 4.90 Å². The van der Waals surface area contributed by atoms with Gasteiger partial charge in [-0.05, 0) is 24.6 Å². The highest BCUT2D eigenvalue weighted by atomic mass is 19.1. The van der Waals surface area contributed by atoms with Crippen LogP contribution in [0.5, 0.6) is 0 Å². The second-order valence-corrected chi connectivity index (χ2v) is 4.64. The molecule has 0 saturated carbocycles. The molecule has 1 unspecified atom stereocenters. The van der Waals surface area contributed by atoms with Gasteiger partial charge in [0.25, 0.3) is 0 Å². The minimum absolute atomic E-state index is 0.0473. The lowest BCUT2D eigenvalue weighted by Gasteiger charge is -2.29. The molecule has 0 fully saturated rings. The van der Waals surface area contributed by atoms with Gasteiger partial charge in [-0.15, -0.1) is 0 Å². The zero-order valence-corrected chi connectivity index (χ0v) is 11.3. The highest BCUT2D eigenvalue weighted by Crippen LogP contribution is 2.29. The van der Waals surface area contributed by atoms with Crippen molar-refractivity contribution < 1.29 is 4.39 Å². The van der Waals surface area contributed by atoms with Crippen LogP contribution in [0.1, 0.15) is 24.1 Å². The predicted molar refractivity (Wildman–Crippen MR) is 77.6 cm³/mol. The number of para-hydroxylation sites is 1. The normalized spacial score (nSPS) is 12.2. The molecule has 0 aliphatic heterocycles. The number of halogens is 1. The molecular formula is C16H19FN2. The van der Waals surface area contributed by atoms with E-state index >= 15 is 0 Å². The molecule has 2 aromatic carbocycles. The maximum atomic E-state index is 13.8. The van der Waals surface area contributed by atoms with Gasteiger partial charge in [0.1, 0.15) is 5.82 Å². The van der Waals surface area contributed by atoms with E-state index in [0.29, 0.717) is 12.1 Å². The third-order valence-electron chi connectivity index (χ3n) is 3.53. The second kappa shape index (κ2) is 5.85. The summed E-state index contributed by atoms with van der Waals surface area (Å²) >= 11 is 0. The average molecular weight is 258 g/mol. The van der Waals surface area contributed by atoms with Gasteiger partial charge in [-0.25, -0.2) is 4.39 Å². The Morgan fingerprint density at radius 1 is 1.11 bits per heavy atom. The number of rotatable bonds is 4. The summed E-state index contributed by atoms with van der Waals surface area (Å²) in [5.74, 6) is -0.174. The van der Waals surface area contributed by atoms with Crippen molar-refractivity contribution in [2.24, 2.45) is 5.73 Å². The van der Waals surface area contributed by atoms with Crippen molar-refractivity contribution in [2.75, 3.05) is 11.9 Å². The Hall–Kier alpha value is -1.87. The van der Waals surface area contributed by atoms with E-state index in [1.165, 1.54) is 6.07 Å². The lowest BCUT2D eigenvalue weighted by atomic mass is 10.0. The molecule has 0 aliphatic carbocycles. The summed E-state index contributed by atoms with van der Waals surface area (Å²) in [7, 11) is 1.96.